The molecule has 3 aromatic rings. The first-order chi connectivity index (χ1) is 14.7. The summed E-state index contributed by atoms with van der Waals surface area (Å²) in [6, 6.07) is 17.7. The molecule has 2 atom stereocenters. The minimum Gasteiger partial charge on any atom is -0.497 e. The molecular weight excluding hydrogens is 374 g/mol. The summed E-state index contributed by atoms with van der Waals surface area (Å²) < 4.78 is 5.53. The van der Waals surface area contributed by atoms with Gasteiger partial charge in [0.2, 0.25) is 0 Å². The second-order valence-electron chi connectivity index (χ2n) is 7.93. The van der Waals surface area contributed by atoms with E-state index in [0.29, 0.717) is 0 Å². The standard InChI is InChI=1S/C25H29N3O2/c1-18(29)25(28-14-7-4-8-15-28)24(19-10-5-3-6-11-19)27-22-17-21(30-2)16-20-12-9-13-26-23(20)22/h3,5-6,9-13,16-17,24-25,27H,4,7-8,14-15H2,1-2H3. The number of anilines is 1. The first-order valence-electron chi connectivity index (χ1n) is 10.7. The van der Waals surface area contributed by atoms with Gasteiger partial charge in [0.05, 0.1) is 30.4 Å². The molecule has 0 aliphatic carbocycles. The van der Waals surface area contributed by atoms with Gasteiger partial charge in [-0.15, -0.1) is 0 Å². The smallest absolute Gasteiger partial charge is 0.149 e. The van der Waals surface area contributed by atoms with Gasteiger partial charge < -0.3 is 10.1 Å². The zero-order chi connectivity index (χ0) is 20.9. The van der Waals surface area contributed by atoms with Crippen molar-refractivity contribution in [3.8, 4) is 5.75 Å². The Kier molecular flexibility index (Phi) is 6.29. The molecule has 1 saturated heterocycles. The summed E-state index contributed by atoms with van der Waals surface area (Å²) in [5.74, 6) is 0.945. The van der Waals surface area contributed by atoms with Crippen molar-refractivity contribution in [1.29, 1.82) is 0 Å². The van der Waals surface area contributed by atoms with Crippen LogP contribution in [0.15, 0.2) is 60.8 Å². The largest absolute Gasteiger partial charge is 0.497 e. The molecule has 0 amide bonds. The molecule has 5 heteroatoms. The monoisotopic (exact) mass is 403 g/mol. The van der Waals surface area contributed by atoms with E-state index in [2.05, 4.69) is 27.3 Å². The first-order valence-corrected chi connectivity index (χ1v) is 10.7. The highest BCUT2D eigenvalue weighted by Gasteiger charge is 2.33. The van der Waals surface area contributed by atoms with Gasteiger partial charge in [-0.25, -0.2) is 0 Å². The van der Waals surface area contributed by atoms with Gasteiger partial charge in [-0.2, -0.15) is 0 Å². The lowest BCUT2D eigenvalue weighted by molar-refractivity contribution is -0.123. The van der Waals surface area contributed by atoms with Crippen molar-refractivity contribution >= 4 is 22.4 Å². The summed E-state index contributed by atoms with van der Waals surface area (Å²) in [7, 11) is 1.67. The Bertz CT molecular complexity index is 1000. The molecule has 0 radical (unpaired) electrons. The zero-order valence-corrected chi connectivity index (χ0v) is 17.7. The van der Waals surface area contributed by atoms with Crippen LogP contribution in [0.4, 0.5) is 5.69 Å². The molecule has 0 spiro atoms. The number of Topliss-reactive ketones (excluding diaryl/α,β-unsaturated/α-hetero) is 1. The highest BCUT2D eigenvalue weighted by Crippen LogP contribution is 2.33. The van der Waals surface area contributed by atoms with Crippen molar-refractivity contribution in [3.05, 3.63) is 66.4 Å². The predicted molar refractivity (Wildman–Crippen MR) is 121 cm³/mol. The van der Waals surface area contributed by atoms with Crippen LogP contribution in [0.25, 0.3) is 10.9 Å². The van der Waals surface area contributed by atoms with E-state index < -0.39 is 0 Å². The van der Waals surface area contributed by atoms with Gasteiger partial charge in [-0.1, -0.05) is 42.8 Å². The average molecular weight is 404 g/mol. The number of ketones is 1. The van der Waals surface area contributed by atoms with Crippen molar-refractivity contribution in [1.82, 2.24) is 9.88 Å². The van der Waals surface area contributed by atoms with E-state index >= 15 is 0 Å². The van der Waals surface area contributed by atoms with Crippen LogP contribution in [0.1, 0.15) is 37.8 Å². The second kappa shape index (κ2) is 9.26. The van der Waals surface area contributed by atoms with Gasteiger partial charge in [0.15, 0.2) is 0 Å². The summed E-state index contributed by atoms with van der Waals surface area (Å²) in [5, 5.41) is 4.69. The molecule has 1 aliphatic heterocycles. The number of hydrogen-bond donors (Lipinski definition) is 1. The fourth-order valence-electron chi connectivity index (χ4n) is 4.46. The number of piperidine rings is 1. The number of benzene rings is 2. The molecule has 2 unspecified atom stereocenters. The van der Waals surface area contributed by atoms with Gasteiger partial charge in [-0.3, -0.25) is 14.7 Å². The van der Waals surface area contributed by atoms with Crippen molar-refractivity contribution in [2.24, 2.45) is 0 Å². The maximum absolute atomic E-state index is 12.9. The molecule has 1 aromatic heterocycles. The lowest BCUT2D eigenvalue weighted by Gasteiger charge is -2.38. The molecule has 2 aromatic carbocycles. The van der Waals surface area contributed by atoms with Crippen molar-refractivity contribution in [2.45, 2.75) is 38.3 Å². The van der Waals surface area contributed by atoms with Gasteiger partial charge in [0.25, 0.3) is 0 Å². The van der Waals surface area contributed by atoms with Crippen LogP contribution in [0.3, 0.4) is 0 Å². The summed E-state index contributed by atoms with van der Waals surface area (Å²) >= 11 is 0. The van der Waals surface area contributed by atoms with Gasteiger partial charge in [0.1, 0.15) is 11.5 Å². The highest BCUT2D eigenvalue weighted by molar-refractivity contribution is 5.92. The van der Waals surface area contributed by atoms with Crippen LogP contribution in [0, 0.1) is 0 Å². The number of nitrogens with zero attached hydrogens (tertiary/aromatic N) is 2. The molecule has 0 bridgehead atoms. The molecule has 4 rings (SSSR count). The minimum absolute atomic E-state index is 0.179. The Morgan fingerprint density at radius 2 is 1.83 bits per heavy atom. The third-order valence-corrected chi connectivity index (χ3v) is 5.90. The third-order valence-electron chi connectivity index (χ3n) is 5.90. The molecule has 156 valence electrons. The second-order valence-corrected chi connectivity index (χ2v) is 7.93. The van der Waals surface area contributed by atoms with Gasteiger partial charge in [0, 0.05) is 17.6 Å². The van der Waals surface area contributed by atoms with Gasteiger partial charge >= 0.3 is 0 Å². The van der Waals surface area contributed by atoms with E-state index in [0.717, 1.165) is 53.8 Å². The molecule has 1 aliphatic rings. The Hall–Kier alpha value is -2.92. The number of methoxy groups -OCH3 is 1. The molecule has 1 fully saturated rings. The van der Waals surface area contributed by atoms with E-state index in [9.17, 15) is 4.79 Å². The van der Waals surface area contributed by atoms with E-state index in [1.807, 2.05) is 42.5 Å². The van der Waals surface area contributed by atoms with Crippen LogP contribution in [0.2, 0.25) is 0 Å². The highest BCUT2D eigenvalue weighted by atomic mass is 16.5. The fourth-order valence-corrected chi connectivity index (χ4v) is 4.46. The molecule has 5 nitrogen and oxygen atoms in total. The number of pyridine rings is 1. The summed E-state index contributed by atoms with van der Waals surface area (Å²) in [6.45, 7) is 3.61. The summed E-state index contributed by atoms with van der Waals surface area (Å²) in [4.78, 5) is 19.9. The molecule has 0 saturated carbocycles. The number of carbonyl (C=O) groups excluding carboxylic acids is 1. The maximum atomic E-state index is 12.9. The topological polar surface area (TPSA) is 54.5 Å². The predicted octanol–water partition coefficient (Wildman–Crippen LogP) is 4.84. The van der Waals surface area contributed by atoms with Crippen LogP contribution < -0.4 is 10.1 Å². The number of nitrogens with one attached hydrogen (secondary N) is 1. The van der Waals surface area contributed by atoms with Crippen LogP contribution in [0.5, 0.6) is 5.75 Å². The molecule has 2 heterocycles. The summed E-state index contributed by atoms with van der Waals surface area (Å²) in [5.41, 5.74) is 2.84. The van der Waals surface area contributed by atoms with Crippen LogP contribution >= 0.6 is 0 Å². The lowest BCUT2D eigenvalue weighted by atomic mass is 9.93. The molecule has 1 N–H and O–H groups in total. The number of hydrogen-bond acceptors (Lipinski definition) is 5. The van der Waals surface area contributed by atoms with Crippen molar-refractivity contribution < 1.29 is 9.53 Å². The number of fused-ring (bicyclic) bond motifs is 1. The number of rotatable bonds is 7. The Morgan fingerprint density at radius 1 is 1.07 bits per heavy atom. The average Bonchev–Trinajstić information content (AvgIpc) is 2.79. The maximum Gasteiger partial charge on any atom is 0.149 e. The quantitative estimate of drug-likeness (QED) is 0.612. The number of ether oxygens (including phenoxy) is 1. The van der Waals surface area contributed by atoms with Gasteiger partial charge in [-0.05, 0) is 50.6 Å². The van der Waals surface area contributed by atoms with Crippen molar-refractivity contribution in [3.63, 3.8) is 0 Å². The Balaban J connectivity index is 1.79. The number of aromatic nitrogens is 1. The SMILES string of the molecule is COc1cc(NC(c2ccccc2)C(C(C)=O)N2CCCCC2)c2ncccc2c1. The fraction of sp³-hybridized carbons (Fsp3) is 0.360. The van der Waals surface area contributed by atoms with E-state index in [1.54, 1.807) is 20.2 Å². The van der Waals surface area contributed by atoms with Crippen LogP contribution in [-0.2, 0) is 4.79 Å². The Morgan fingerprint density at radius 3 is 2.53 bits per heavy atom. The number of likely N-dealkylation sites (tertiary alicyclic amines) is 1. The lowest BCUT2D eigenvalue weighted by Crippen LogP contribution is -2.48. The summed E-state index contributed by atoms with van der Waals surface area (Å²) in [6.07, 6.45) is 5.30. The molecule has 30 heavy (non-hydrogen) atoms. The van der Waals surface area contributed by atoms with Crippen molar-refractivity contribution in [2.75, 3.05) is 25.5 Å². The van der Waals surface area contributed by atoms with E-state index in [4.69, 9.17) is 4.74 Å². The first kappa shape index (κ1) is 20.4. The Labute approximate surface area is 178 Å². The third kappa shape index (κ3) is 4.31. The van der Waals surface area contributed by atoms with Crippen LogP contribution in [-0.4, -0.2) is 41.9 Å². The molecular formula is C25H29N3O2. The number of carbonyl (C=O) groups is 1. The van der Waals surface area contributed by atoms with E-state index in [1.165, 1.54) is 6.42 Å². The minimum atomic E-state index is -0.238. The zero-order valence-electron chi connectivity index (χ0n) is 17.7. The van der Waals surface area contributed by atoms with E-state index in [-0.39, 0.29) is 17.9 Å². The normalized spacial score (nSPS) is 16.7.